The zero-order valence-electron chi connectivity index (χ0n) is 17.3. The highest BCUT2D eigenvalue weighted by Crippen LogP contribution is 2.09. The van der Waals surface area contributed by atoms with Crippen molar-refractivity contribution < 1.29 is 29.4 Å². The fourth-order valence-corrected chi connectivity index (χ4v) is 2.46. The molecule has 0 saturated carbocycles. The molecular weight excluding hydrogens is 382 g/mol. The molecule has 9 N–H and O–H groups in total. The van der Waals surface area contributed by atoms with E-state index in [9.17, 15) is 24.3 Å². The molecule has 11 nitrogen and oxygen atoms in total. The van der Waals surface area contributed by atoms with Crippen molar-refractivity contribution in [1.29, 1.82) is 0 Å². The third-order valence-electron chi connectivity index (χ3n) is 4.64. The number of hydrogen-bond acceptors (Lipinski definition) is 7. The molecule has 0 aliphatic rings. The number of carbonyl (C=O) groups is 4. The van der Waals surface area contributed by atoms with Gasteiger partial charge in [-0.2, -0.15) is 0 Å². The topological polar surface area (TPSA) is 197 Å². The Bertz CT molecular complexity index is 559. The minimum absolute atomic E-state index is 0.226. The van der Waals surface area contributed by atoms with E-state index in [2.05, 4.69) is 16.0 Å². The molecule has 0 aromatic rings. The third kappa shape index (κ3) is 9.68. The third-order valence-corrected chi connectivity index (χ3v) is 4.64. The molecule has 0 aliphatic heterocycles. The Hall–Kier alpha value is -2.24. The van der Waals surface area contributed by atoms with Gasteiger partial charge in [-0.05, 0) is 38.6 Å². The Morgan fingerprint density at radius 3 is 2.07 bits per heavy atom. The van der Waals surface area contributed by atoms with Gasteiger partial charge in [0.1, 0.15) is 24.2 Å². The average molecular weight is 418 g/mol. The monoisotopic (exact) mass is 417 g/mol. The Kier molecular flexibility index (Phi) is 12.8. The molecular formula is C18H35N5O6. The quantitative estimate of drug-likeness (QED) is 0.158. The maximum atomic E-state index is 12.6. The average Bonchev–Trinajstić information content (AvgIpc) is 2.69. The van der Waals surface area contributed by atoms with Crippen LogP contribution in [0.5, 0.6) is 0 Å². The number of unbranched alkanes of at least 4 members (excludes halogenated alkanes) is 1. The largest absolute Gasteiger partial charge is 0.480 e. The summed E-state index contributed by atoms with van der Waals surface area (Å²) in [6.07, 6.45) is 1.97. The van der Waals surface area contributed by atoms with E-state index in [0.29, 0.717) is 25.8 Å². The Labute approximate surface area is 171 Å². The van der Waals surface area contributed by atoms with Crippen LogP contribution in [0.2, 0.25) is 0 Å². The van der Waals surface area contributed by atoms with Crippen molar-refractivity contribution in [3.05, 3.63) is 0 Å². The van der Waals surface area contributed by atoms with E-state index >= 15 is 0 Å². The smallest absolute Gasteiger partial charge is 0.326 e. The second-order valence-electron chi connectivity index (χ2n) is 7.08. The van der Waals surface area contributed by atoms with Crippen molar-refractivity contribution in [2.24, 2.45) is 17.4 Å². The number of rotatable bonds is 14. The highest BCUT2D eigenvalue weighted by molar-refractivity contribution is 5.94. The molecule has 0 rings (SSSR count). The van der Waals surface area contributed by atoms with Crippen molar-refractivity contribution in [1.82, 2.24) is 16.0 Å². The minimum Gasteiger partial charge on any atom is -0.480 e. The zero-order valence-corrected chi connectivity index (χ0v) is 17.3. The van der Waals surface area contributed by atoms with Gasteiger partial charge >= 0.3 is 5.97 Å². The Balaban J connectivity index is 4.98. The number of nitrogens with two attached hydrogens (primary N) is 2. The molecule has 0 aromatic heterocycles. The number of carbonyl (C=O) groups excluding carboxylic acids is 3. The van der Waals surface area contributed by atoms with E-state index in [0.717, 1.165) is 0 Å². The number of amides is 3. The van der Waals surface area contributed by atoms with Crippen LogP contribution >= 0.6 is 0 Å². The Morgan fingerprint density at radius 2 is 1.59 bits per heavy atom. The molecule has 5 unspecified atom stereocenters. The second kappa shape index (κ2) is 13.9. The standard InChI is InChI=1S/C18H35N5O6/c1-4-10(2)14(23-16(26)12(20)9-24)17(27)21-11(3)15(25)22-13(18(28)29)7-5-6-8-19/h10-14,24H,4-9,19-20H2,1-3H3,(H,21,27)(H,22,25)(H,23,26)(H,28,29). The maximum absolute atomic E-state index is 12.6. The first kappa shape index (κ1) is 26.8. The van der Waals surface area contributed by atoms with Crippen molar-refractivity contribution in [3.63, 3.8) is 0 Å². The van der Waals surface area contributed by atoms with Crippen molar-refractivity contribution in [2.75, 3.05) is 13.2 Å². The molecule has 0 radical (unpaired) electrons. The van der Waals surface area contributed by atoms with Gasteiger partial charge in [0.2, 0.25) is 17.7 Å². The molecule has 29 heavy (non-hydrogen) atoms. The van der Waals surface area contributed by atoms with Gasteiger partial charge < -0.3 is 37.6 Å². The predicted molar refractivity (Wildman–Crippen MR) is 107 cm³/mol. The fraction of sp³-hybridized carbons (Fsp3) is 0.778. The lowest BCUT2D eigenvalue weighted by atomic mass is 9.97. The molecule has 5 atom stereocenters. The summed E-state index contributed by atoms with van der Waals surface area (Å²) in [6, 6.07) is -4.23. The summed E-state index contributed by atoms with van der Waals surface area (Å²) in [5.41, 5.74) is 10.9. The van der Waals surface area contributed by atoms with E-state index in [4.69, 9.17) is 16.6 Å². The molecule has 3 amide bonds. The first-order chi connectivity index (χ1) is 13.6. The van der Waals surface area contributed by atoms with E-state index in [-0.39, 0.29) is 12.3 Å². The molecule has 0 heterocycles. The minimum atomic E-state index is -1.17. The zero-order chi connectivity index (χ0) is 22.6. The van der Waals surface area contributed by atoms with Crippen molar-refractivity contribution in [3.8, 4) is 0 Å². The molecule has 0 aliphatic carbocycles. The maximum Gasteiger partial charge on any atom is 0.326 e. The highest BCUT2D eigenvalue weighted by atomic mass is 16.4. The normalized spacial score (nSPS) is 16.1. The van der Waals surface area contributed by atoms with Gasteiger partial charge in [-0.25, -0.2) is 4.79 Å². The van der Waals surface area contributed by atoms with Crippen LogP contribution in [-0.2, 0) is 19.2 Å². The van der Waals surface area contributed by atoms with Crippen LogP contribution in [0.3, 0.4) is 0 Å². The first-order valence-corrected chi connectivity index (χ1v) is 9.79. The lowest BCUT2D eigenvalue weighted by Crippen LogP contribution is -2.58. The second-order valence-corrected chi connectivity index (χ2v) is 7.08. The predicted octanol–water partition coefficient (Wildman–Crippen LogP) is -1.96. The van der Waals surface area contributed by atoms with Crippen LogP contribution < -0.4 is 27.4 Å². The molecule has 0 fully saturated rings. The van der Waals surface area contributed by atoms with Crippen LogP contribution in [0.25, 0.3) is 0 Å². The lowest BCUT2D eigenvalue weighted by molar-refractivity contribution is -0.142. The SMILES string of the molecule is CCC(C)C(NC(=O)C(N)CO)C(=O)NC(C)C(=O)NC(CCCCN)C(=O)O. The molecule has 0 spiro atoms. The lowest BCUT2D eigenvalue weighted by Gasteiger charge is -2.26. The van der Waals surface area contributed by atoms with Gasteiger partial charge in [-0.1, -0.05) is 20.3 Å². The molecule has 0 bridgehead atoms. The van der Waals surface area contributed by atoms with Crippen LogP contribution in [-0.4, -0.2) is 71.2 Å². The molecule has 0 aromatic carbocycles. The van der Waals surface area contributed by atoms with Crippen molar-refractivity contribution in [2.45, 2.75) is 70.6 Å². The number of aliphatic hydroxyl groups is 1. The summed E-state index contributed by atoms with van der Waals surface area (Å²) in [7, 11) is 0. The van der Waals surface area contributed by atoms with E-state index in [1.165, 1.54) is 6.92 Å². The van der Waals surface area contributed by atoms with Gasteiger partial charge in [0, 0.05) is 0 Å². The van der Waals surface area contributed by atoms with Gasteiger partial charge in [-0.15, -0.1) is 0 Å². The summed E-state index contributed by atoms with van der Waals surface area (Å²) >= 11 is 0. The molecule has 0 saturated heterocycles. The summed E-state index contributed by atoms with van der Waals surface area (Å²) in [4.78, 5) is 48.2. The van der Waals surface area contributed by atoms with Crippen LogP contribution in [0.15, 0.2) is 0 Å². The number of aliphatic carboxylic acids is 1. The van der Waals surface area contributed by atoms with Gasteiger partial charge in [0.05, 0.1) is 6.61 Å². The summed E-state index contributed by atoms with van der Waals surface area (Å²) in [5, 5.41) is 25.6. The fourth-order valence-electron chi connectivity index (χ4n) is 2.46. The van der Waals surface area contributed by atoms with E-state index < -0.39 is 54.5 Å². The molecule has 168 valence electrons. The van der Waals surface area contributed by atoms with Crippen molar-refractivity contribution >= 4 is 23.7 Å². The van der Waals surface area contributed by atoms with Gasteiger partial charge in [0.25, 0.3) is 0 Å². The highest BCUT2D eigenvalue weighted by Gasteiger charge is 2.30. The number of nitrogens with one attached hydrogen (secondary N) is 3. The van der Waals surface area contributed by atoms with Gasteiger partial charge in [-0.3, -0.25) is 14.4 Å². The van der Waals surface area contributed by atoms with E-state index in [1.807, 2.05) is 6.92 Å². The number of carboxylic acid groups (broad SMARTS) is 1. The Morgan fingerprint density at radius 1 is 0.966 bits per heavy atom. The van der Waals surface area contributed by atoms with Crippen LogP contribution in [0, 0.1) is 5.92 Å². The summed E-state index contributed by atoms with van der Waals surface area (Å²) < 4.78 is 0. The van der Waals surface area contributed by atoms with Crippen LogP contribution in [0.4, 0.5) is 0 Å². The first-order valence-electron chi connectivity index (χ1n) is 9.79. The summed E-state index contributed by atoms with van der Waals surface area (Å²) in [6.45, 7) is 4.85. The van der Waals surface area contributed by atoms with Crippen LogP contribution in [0.1, 0.15) is 46.5 Å². The summed E-state index contributed by atoms with van der Waals surface area (Å²) in [5.74, 6) is -3.37. The number of hydrogen-bond donors (Lipinski definition) is 7. The number of carboxylic acids is 1. The molecule has 11 heteroatoms. The number of aliphatic hydroxyl groups excluding tert-OH is 1. The van der Waals surface area contributed by atoms with Gasteiger partial charge in [0.15, 0.2) is 0 Å². The van der Waals surface area contributed by atoms with E-state index in [1.54, 1.807) is 6.92 Å².